The number of aromatic nitrogens is 1. The number of carboxylic acid groups (broad SMARTS) is 1. The Bertz CT molecular complexity index is 452. The third kappa shape index (κ3) is 3.98. The van der Waals surface area contributed by atoms with E-state index in [1.807, 2.05) is 0 Å². The molecule has 0 atom stereocenters. The van der Waals surface area contributed by atoms with Gasteiger partial charge in [0.25, 0.3) is 0 Å². The highest BCUT2D eigenvalue weighted by atomic mass is 127. The average molecular weight is 426 g/mol. The van der Waals surface area contributed by atoms with E-state index in [9.17, 15) is 18.0 Å². The Labute approximate surface area is 115 Å². The molecule has 17 heavy (non-hydrogen) atoms. The number of hydrogen-bond acceptors (Lipinski definition) is 3. The van der Waals surface area contributed by atoms with Gasteiger partial charge in [0.2, 0.25) is 5.88 Å². The summed E-state index contributed by atoms with van der Waals surface area (Å²) >= 11 is 4.62. The van der Waals surface area contributed by atoms with Gasteiger partial charge in [-0.1, -0.05) is 15.9 Å². The Kier molecular flexibility index (Phi) is 4.58. The molecule has 0 saturated heterocycles. The predicted octanol–water partition coefficient (Wildman–Crippen LogP) is 3.18. The number of rotatable bonds is 3. The van der Waals surface area contributed by atoms with Crippen LogP contribution in [0.3, 0.4) is 0 Å². The van der Waals surface area contributed by atoms with Crippen molar-refractivity contribution >= 4 is 44.5 Å². The molecule has 4 nitrogen and oxygen atoms in total. The number of alkyl halides is 4. The number of hydrogen-bond donors (Lipinski definition) is 1. The molecule has 9 heteroatoms. The van der Waals surface area contributed by atoms with Gasteiger partial charge >= 0.3 is 12.3 Å². The highest BCUT2D eigenvalue weighted by Gasteiger charge is 2.33. The monoisotopic (exact) mass is 425 g/mol. The zero-order chi connectivity index (χ0) is 13.2. The van der Waals surface area contributed by atoms with Crippen molar-refractivity contribution in [1.82, 2.24) is 4.98 Å². The normalized spacial score (nSPS) is 11.4. The van der Waals surface area contributed by atoms with Crippen molar-refractivity contribution < 1.29 is 27.8 Å². The molecular formula is C8H4BrF3INO3. The first kappa shape index (κ1) is 14.5. The smallest absolute Gasteiger partial charge is 0.476 e. The molecule has 0 saturated carbocycles. The summed E-state index contributed by atoms with van der Waals surface area (Å²) in [5.74, 6) is -2.18. The van der Waals surface area contributed by atoms with Gasteiger partial charge in [0.05, 0.1) is 3.57 Å². The van der Waals surface area contributed by atoms with E-state index in [1.54, 1.807) is 22.6 Å². The predicted molar refractivity (Wildman–Crippen MR) is 63.2 cm³/mol. The van der Waals surface area contributed by atoms with E-state index in [4.69, 9.17) is 5.11 Å². The first-order chi connectivity index (χ1) is 7.74. The quantitative estimate of drug-likeness (QED) is 0.597. The Morgan fingerprint density at radius 3 is 2.59 bits per heavy atom. The SMILES string of the molecule is O=C(O)c1nc(OC(F)(F)F)c(I)cc1CBr. The van der Waals surface area contributed by atoms with E-state index in [2.05, 4.69) is 25.7 Å². The number of nitrogens with zero attached hydrogens (tertiary/aromatic N) is 1. The lowest BCUT2D eigenvalue weighted by molar-refractivity contribution is -0.276. The van der Waals surface area contributed by atoms with Gasteiger partial charge in [-0.15, -0.1) is 13.2 Å². The molecular weight excluding hydrogens is 422 g/mol. The highest BCUT2D eigenvalue weighted by molar-refractivity contribution is 14.1. The second-order valence-corrected chi connectivity index (χ2v) is 4.49. The molecule has 0 aliphatic rings. The van der Waals surface area contributed by atoms with Crippen molar-refractivity contribution in [2.75, 3.05) is 0 Å². The minimum Gasteiger partial charge on any atom is -0.476 e. The van der Waals surface area contributed by atoms with Gasteiger partial charge in [-0.05, 0) is 34.2 Å². The van der Waals surface area contributed by atoms with Gasteiger partial charge in [0.1, 0.15) is 0 Å². The maximum Gasteiger partial charge on any atom is 0.574 e. The number of aromatic carboxylic acids is 1. The lowest BCUT2D eigenvalue weighted by Gasteiger charge is -2.11. The van der Waals surface area contributed by atoms with Crippen molar-refractivity contribution in [2.45, 2.75) is 11.7 Å². The summed E-state index contributed by atoms with van der Waals surface area (Å²) in [5.41, 5.74) is -0.196. The Morgan fingerprint density at radius 1 is 1.59 bits per heavy atom. The molecule has 0 spiro atoms. The molecule has 94 valence electrons. The molecule has 1 rings (SSSR count). The largest absolute Gasteiger partial charge is 0.574 e. The van der Waals surface area contributed by atoms with Crippen molar-refractivity contribution in [3.63, 3.8) is 0 Å². The average Bonchev–Trinajstić information content (AvgIpc) is 2.18. The van der Waals surface area contributed by atoms with Crippen LogP contribution in [0.1, 0.15) is 16.1 Å². The molecule has 0 unspecified atom stereocenters. The Hall–Kier alpha value is -0.580. The zero-order valence-corrected chi connectivity index (χ0v) is 11.6. The summed E-state index contributed by atoms with van der Waals surface area (Å²) in [4.78, 5) is 14.1. The maximum absolute atomic E-state index is 12.0. The molecule has 0 aliphatic carbocycles. The third-order valence-electron chi connectivity index (χ3n) is 1.58. The van der Waals surface area contributed by atoms with Gasteiger partial charge in [0.15, 0.2) is 5.69 Å². The van der Waals surface area contributed by atoms with E-state index in [0.717, 1.165) is 0 Å². The van der Waals surface area contributed by atoms with Crippen LogP contribution in [-0.4, -0.2) is 22.4 Å². The lowest BCUT2D eigenvalue weighted by atomic mass is 10.2. The maximum atomic E-state index is 12.0. The third-order valence-corrected chi connectivity index (χ3v) is 2.96. The van der Waals surface area contributed by atoms with Crippen LogP contribution >= 0.6 is 38.5 Å². The van der Waals surface area contributed by atoms with Crippen molar-refractivity contribution in [3.8, 4) is 5.88 Å². The molecule has 0 aliphatic heterocycles. The summed E-state index contributed by atoms with van der Waals surface area (Å²) in [5, 5.41) is 8.96. The molecule has 0 bridgehead atoms. The molecule has 0 fully saturated rings. The van der Waals surface area contributed by atoms with Crippen LogP contribution in [0, 0.1) is 3.57 Å². The topological polar surface area (TPSA) is 59.4 Å². The summed E-state index contributed by atoms with van der Waals surface area (Å²) in [6.07, 6.45) is -4.90. The molecule has 0 radical (unpaired) electrons. The van der Waals surface area contributed by atoms with Crippen LogP contribution in [0.4, 0.5) is 13.2 Å². The van der Waals surface area contributed by atoms with Crippen LogP contribution in [0.5, 0.6) is 5.88 Å². The summed E-state index contributed by atoms with van der Waals surface area (Å²) in [7, 11) is 0. The molecule has 0 amide bonds. The lowest BCUT2D eigenvalue weighted by Crippen LogP contribution is -2.20. The van der Waals surface area contributed by atoms with Crippen LogP contribution in [-0.2, 0) is 5.33 Å². The fraction of sp³-hybridized carbons (Fsp3) is 0.250. The van der Waals surface area contributed by atoms with Gasteiger partial charge in [-0.25, -0.2) is 9.78 Å². The molecule has 1 aromatic heterocycles. The van der Waals surface area contributed by atoms with E-state index in [-0.39, 0.29) is 14.5 Å². The summed E-state index contributed by atoms with van der Waals surface area (Å²) < 4.78 is 39.8. The first-order valence-corrected chi connectivity index (χ1v) is 6.19. The number of carbonyl (C=O) groups is 1. The standard InChI is InChI=1S/C8H4BrF3INO3/c9-2-3-1-4(13)6(17-8(10,11)12)14-5(3)7(15)16/h1H,2H2,(H,15,16). The number of halogens is 5. The number of carboxylic acids is 1. The fourth-order valence-corrected chi connectivity index (χ4v) is 2.01. The number of ether oxygens (including phenoxy) is 1. The summed E-state index contributed by atoms with van der Waals surface area (Å²) in [6, 6.07) is 1.27. The van der Waals surface area contributed by atoms with E-state index < -0.39 is 23.9 Å². The van der Waals surface area contributed by atoms with Crippen LogP contribution in [0.2, 0.25) is 0 Å². The highest BCUT2D eigenvalue weighted by Crippen LogP contribution is 2.28. The van der Waals surface area contributed by atoms with E-state index in [1.165, 1.54) is 6.07 Å². The van der Waals surface area contributed by atoms with E-state index in [0.29, 0.717) is 0 Å². The van der Waals surface area contributed by atoms with Gasteiger partial charge in [-0.3, -0.25) is 0 Å². The first-order valence-electron chi connectivity index (χ1n) is 3.99. The zero-order valence-electron chi connectivity index (χ0n) is 7.89. The second kappa shape index (κ2) is 5.38. The van der Waals surface area contributed by atoms with Gasteiger partial charge < -0.3 is 9.84 Å². The van der Waals surface area contributed by atoms with Crippen LogP contribution in [0.15, 0.2) is 6.07 Å². The van der Waals surface area contributed by atoms with E-state index >= 15 is 0 Å². The van der Waals surface area contributed by atoms with Crippen LogP contribution < -0.4 is 4.74 Å². The summed E-state index contributed by atoms with van der Waals surface area (Å²) in [6.45, 7) is 0. The van der Waals surface area contributed by atoms with Crippen molar-refractivity contribution in [2.24, 2.45) is 0 Å². The van der Waals surface area contributed by atoms with Crippen molar-refractivity contribution in [1.29, 1.82) is 0 Å². The van der Waals surface area contributed by atoms with Crippen molar-refractivity contribution in [3.05, 3.63) is 20.9 Å². The van der Waals surface area contributed by atoms with Gasteiger partial charge in [-0.2, -0.15) is 0 Å². The minimum absolute atomic E-state index is 0.0828. The fourth-order valence-electron chi connectivity index (χ4n) is 0.978. The van der Waals surface area contributed by atoms with Crippen LogP contribution in [0.25, 0.3) is 0 Å². The molecule has 1 heterocycles. The number of pyridine rings is 1. The minimum atomic E-state index is -4.90. The molecule has 1 aromatic rings. The Balaban J connectivity index is 3.25. The second-order valence-electron chi connectivity index (χ2n) is 2.77. The Morgan fingerprint density at radius 2 is 2.18 bits per heavy atom. The molecule has 0 aromatic carbocycles. The van der Waals surface area contributed by atoms with Gasteiger partial charge in [0, 0.05) is 5.33 Å². The molecule has 1 N–H and O–H groups in total.